The van der Waals surface area contributed by atoms with Gasteiger partial charge >= 0.3 is 0 Å². The van der Waals surface area contributed by atoms with Crippen LogP contribution in [0.5, 0.6) is 0 Å². The van der Waals surface area contributed by atoms with E-state index >= 15 is 0 Å². The van der Waals surface area contributed by atoms with Crippen LogP contribution in [0.3, 0.4) is 0 Å². The Morgan fingerprint density at radius 1 is 1.60 bits per heavy atom. The minimum Gasteiger partial charge on any atom is -0.314 e. The Kier molecular flexibility index (Phi) is 3.76. The molecule has 1 atom stereocenters. The van der Waals surface area contributed by atoms with E-state index in [0.717, 1.165) is 12.0 Å². The number of hydrogen-bond acceptors (Lipinski definition) is 3. The Hall–Kier alpha value is -0.410. The standard InChI is InChI=1S/C12H20N2S/c1-9(7-13-11-4-5-11)3-6-12-10(2)14-8-15-12/h8-9,11,13H,3-7H2,1-2H3. The van der Waals surface area contributed by atoms with E-state index in [4.69, 9.17) is 0 Å². The van der Waals surface area contributed by atoms with E-state index in [9.17, 15) is 0 Å². The number of aromatic nitrogens is 1. The molecule has 1 fully saturated rings. The first kappa shape index (κ1) is 11.1. The minimum atomic E-state index is 0.784. The van der Waals surface area contributed by atoms with Crippen molar-refractivity contribution in [3.05, 3.63) is 16.1 Å². The van der Waals surface area contributed by atoms with Crippen LogP contribution in [0.4, 0.5) is 0 Å². The summed E-state index contributed by atoms with van der Waals surface area (Å²) in [6, 6.07) is 0.845. The fourth-order valence-corrected chi connectivity index (χ4v) is 2.50. The lowest BCUT2D eigenvalue weighted by Gasteiger charge is -2.11. The summed E-state index contributed by atoms with van der Waals surface area (Å²) in [4.78, 5) is 5.75. The third-order valence-electron chi connectivity index (χ3n) is 3.04. The Labute approximate surface area is 96.1 Å². The van der Waals surface area contributed by atoms with Gasteiger partial charge < -0.3 is 5.32 Å². The number of rotatable bonds is 6. The van der Waals surface area contributed by atoms with E-state index in [1.165, 1.54) is 42.8 Å². The first-order valence-electron chi connectivity index (χ1n) is 5.88. The van der Waals surface area contributed by atoms with E-state index in [1.807, 2.05) is 5.51 Å². The largest absolute Gasteiger partial charge is 0.314 e. The average molecular weight is 224 g/mol. The highest BCUT2D eigenvalue weighted by atomic mass is 32.1. The quantitative estimate of drug-likeness (QED) is 0.803. The number of thiazole rings is 1. The molecular formula is C12H20N2S. The van der Waals surface area contributed by atoms with Gasteiger partial charge in [0, 0.05) is 10.9 Å². The van der Waals surface area contributed by atoms with Crippen molar-refractivity contribution in [1.29, 1.82) is 0 Å². The van der Waals surface area contributed by atoms with Crippen LogP contribution in [-0.2, 0) is 6.42 Å². The fraction of sp³-hybridized carbons (Fsp3) is 0.750. The molecule has 1 aromatic heterocycles. The molecule has 1 N–H and O–H groups in total. The highest BCUT2D eigenvalue weighted by molar-refractivity contribution is 7.09. The third kappa shape index (κ3) is 3.58. The summed E-state index contributed by atoms with van der Waals surface area (Å²) < 4.78 is 0. The maximum atomic E-state index is 4.28. The summed E-state index contributed by atoms with van der Waals surface area (Å²) >= 11 is 1.80. The van der Waals surface area contributed by atoms with Gasteiger partial charge in [0.05, 0.1) is 11.2 Å². The molecule has 1 aromatic rings. The monoisotopic (exact) mass is 224 g/mol. The molecule has 0 radical (unpaired) electrons. The molecule has 2 nitrogen and oxygen atoms in total. The van der Waals surface area contributed by atoms with Gasteiger partial charge in [-0.05, 0) is 45.1 Å². The Bertz CT molecular complexity index is 304. The molecule has 2 rings (SSSR count). The van der Waals surface area contributed by atoms with E-state index in [1.54, 1.807) is 11.3 Å². The fourth-order valence-electron chi connectivity index (χ4n) is 1.70. The van der Waals surface area contributed by atoms with E-state index in [-0.39, 0.29) is 0 Å². The predicted octanol–water partition coefficient (Wildman–Crippen LogP) is 2.77. The number of aryl methyl sites for hydroxylation is 2. The molecule has 84 valence electrons. The number of hydrogen-bond donors (Lipinski definition) is 1. The van der Waals surface area contributed by atoms with Gasteiger partial charge in [0.15, 0.2) is 0 Å². The van der Waals surface area contributed by atoms with E-state index in [2.05, 4.69) is 24.1 Å². The van der Waals surface area contributed by atoms with Crippen molar-refractivity contribution in [2.75, 3.05) is 6.54 Å². The molecular weight excluding hydrogens is 204 g/mol. The smallest absolute Gasteiger partial charge is 0.0797 e. The minimum absolute atomic E-state index is 0.784. The predicted molar refractivity (Wildman–Crippen MR) is 65.4 cm³/mol. The summed E-state index contributed by atoms with van der Waals surface area (Å²) in [5, 5.41) is 3.59. The molecule has 1 aliphatic rings. The van der Waals surface area contributed by atoms with Crippen LogP contribution in [0.25, 0.3) is 0 Å². The molecule has 1 aliphatic carbocycles. The van der Waals surface area contributed by atoms with Crippen LogP contribution >= 0.6 is 11.3 Å². The van der Waals surface area contributed by atoms with Crippen LogP contribution in [0, 0.1) is 12.8 Å². The number of nitrogens with one attached hydrogen (secondary N) is 1. The first-order chi connectivity index (χ1) is 7.25. The molecule has 0 bridgehead atoms. The molecule has 1 heterocycles. The zero-order valence-corrected chi connectivity index (χ0v) is 10.4. The van der Waals surface area contributed by atoms with Crippen molar-refractivity contribution < 1.29 is 0 Å². The second kappa shape index (κ2) is 5.08. The molecule has 15 heavy (non-hydrogen) atoms. The van der Waals surface area contributed by atoms with Crippen LogP contribution in [0.2, 0.25) is 0 Å². The van der Waals surface area contributed by atoms with Crippen LogP contribution in [0.1, 0.15) is 36.8 Å². The zero-order valence-electron chi connectivity index (χ0n) is 9.62. The van der Waals surface area contributed by atoms with Gasteiger partial charge in [0.2, 0.25) is 0 Å². The highest BCUT2D eigenvalue weighted by Crippen LogP contribution is 2.20. The Morgan fingerprint density at radius 2 is 2.40 bits per heavy atom. The van der Waals surface area contributed by atoms with Gasteiger partial charge in [-0.25, -0.2) is 4.98 Å². The summed E-state index contributed by atoms with van der Waals surface area (Å²) in [5.41, 5.74) is 3.18. The zero-order chi connectivity index (χ0) is 10.7. The number of nitrogens with zero attached hydrogens (tertiary/aromatic N) is 1. The molecule has 1 saturated carbocycles. The third-order valence-corrected chi connectivity index (χ3v) is 4.04. The lowest BCUT2D eigenvalue weighted by molar-refractivity contribution is 0.480. The van der Waals surface area contributed by atoms with Crippen LogP contribution in [-0.4, -0.2) is 17.6 Å². The maximum absolute atomic E-state index is 4.28. The van der Waals surface area contributed by atoms with Gasteiger partial charge in [0.25, 0.3) is 0 Å². The average Bonchev–Trinajstić information content (AvgIpc) is 2.96. The van der Waals surface area contributed by atoms with Gasteiger partial charge in [-0.2, -0.15) is 0 Å². The normalized spacial score (nSPS) is 18.0. The Morgan fingerprint density at radius 3 is 3.00 bits per heavy atom. The molecule has 0 amide bonds. The molecule has 0 spiro atoms. The summed E-state index contributed by atoms with van der Waals surface area (Å²) in [7, 11) is 0. The lowest BCUT2D eigenvalue weighted by atomic mass is 10.0. The van der Waals surface area contributed by atoms with Crippen molar-refractivity contribution >= 4 is 11.3 Å². The molecule has 0 saturated heterocycles. The van der Waals surface area contributed by atoms with E-state index < -0.39 is 0 Å². The van der Waals surface area contributed by atoms with Crippen LogP contribution < -0.4 is 5.32 Å². The van der Waals surface area contributed by atoms with Crippen LogP contribution in [0.15, 0.2) is 5.51 Å². The lowest BCUT2D eigenvalue weighted by Crippen LogP contribution is -2.23. The van der Waals surface area contributed by atoms with Crippen molar-refractivity contribution in [1.82, 2.24) is 10.3 Å². The van der Waals surface area contributed by atoms with Gasteiger partial charge in [-0.3, -0.25) is 0 Å². The van der Waals surface area contributed by atoms with Crippen molar-refractivity contribution in [2.24, 2.45) is 5.92 Å². The maximum Gasteiger partial charge on any atom is 0.0797 e. The van der Waals surface area contributed by atoms with Crippen molar-refractivity contribution in [3.63, 3.8) is 0 Å². The summed E-state index contributed by atoms with van der Waals surface area (Å²) in [6.45, 7) is 5.63. The summed E-state index contributed by atoms with van der Waals surface area (Å²) in [6.07, 6.45) is 5.26. The highest BCUT2D eigenvalue weighted by Gasteiger charge is 2.20. The topological polar surface area (TPSA) is 24.9 Å². The molecule has 1 unspecified atom stereocenters. The van der Waals surface area contributed by atoms with E-state index in [0.29, 0.717) is 0 Å². The van der Waals surface area contributed by atoms with Gasteiger partial charge in [-0.15, -0.1) is 11.3 Å². The first-order valence-corrected chi connectivity index (χ1v) is 6.76. The summed E-state index contributed by atoms with van der Waals surface area (Å²) in [5.74, 6) is 0.784. The Balaban J connectivity index is 1.65. The van der Waals surface area contributed by atoms with Gasteiger partial charge in [-0.1, -0.05) is 6.92 Å². The second-order valence-electron chi connectivity index (χ2n) is 4.69. The molecule has 3 heteroatoms. The van der Waals surface area contributed by atoms with Crippen molar-refractivity contribution in [3.8, 4) is 0 Å². The SMILES string of the molecule is Cc1ncsc1CCC(C)CNC1CC1. The van der Waals surface area contributed by atoms with Gasteiger partial charge in [0.1, 0.15) is 0 Å². The second-order valence-corrected chi connectivity index (χ2v) is 5.63. The molecule has 0 aliphatic heterocycles. The van der Waals surface area contributed by atoms with Crippen molar-refractivity contribution in [2.45, 2.75) is 45.6 Å². The molecule has 0 aromatic carbocycles.